The average molecular weight is 699 g/mol. The lowest BCUT2D eigenvalue weighted by molar-refractivity contribution is -0.131. The van der Waals surface area contributed by atoms with E-state index in [1.165, 1.54) is 0 Å². The van der Waals surface area contributed by atoms with E-state index in [4.69, 9.17) is 0 Å². The van der Waals surface area contributed by atoms with Crippen LogP contribution in [0.3, 0.4) is 0 Å². The fraction of sp³-hybridized carbons (Fsp3) is 0.500. The van der Waals surface area contributed by atoms with E-state index in [0.717, 1.165) is 0 Å². The number of carbonyl (C=O) groups is 10. The molecule has 0 aliphatic carbocycles. The lowest BCUT2D eigenvalue weighted by Gasteiger charge is -2.20. The zero-order valence-electron chi connectivity index (χ0n) is 27.3. The third kappa shape index (κ3) is 13.1. The van der Waals surface area contributed by atoms with Crippen LogP contribution in [0.4, 0.5) is 11.4 Å². The normalized spacial score (nSPS) is 17.6. The Bertz CT molecular complexity index is 1340. The molecule has 270 valence electrons. The molecule has 0 unspecified atom stereocenters. The van der Waals surface area contributed by atoms with Crippen LogP contribution in [0.2, 0.25) is 0 Å². The molecule has 0 bridgehead atoms. The van der Waals surface area contributed by atoms with Crippen molar-refractivity contribution in [1.82, 2.24) is 31.9 Å². The zero-order valence-corrected chi connectivity index (χ0v) is 27.3. The summed E-state index contributed by atoms with van der Waals surface area (Å²) >= 11 is 0. The Morgan fingerprint density at radius 3 is 1.36 bits per heavy atom. The van der Waals surface area contributed by atoms with Gasteiger partial charge in [0.2, 0.25) is 47.3 Å². The topological polar surface area (TPSA) is 267 Å². The summed E-state index contributed by atoms with van der Waals surface area (Å²) in [5, 5.41) is 20.6. The molecule has 50 heavy (non-hydrogen) atoms. The fourth-order valence-electron chi connectivity index (χ4n) is 5.10. The molecule has 0 saturated carbocycles. The molecule has 0 spiro atoms. The number of nitrogens with one attached hydrogen (secondary N) is 8. The van der Waals surface area contributed by atoms with Crippen molar-refractivity contribution in [2.75, 3.05) is 23.7 Å². The van der Waals surface area contributed by atoms with Crippen molar-refractivity contribution in [2.24, 2.45) is 0 Å². The van der Waals surface area contributed by atoms with Gasteiger partial charge < -0.3 is 52.1 Å². The van der Waals surface area contributed by atoms with Gasteiger partial charge in [0.25, 0.3) is 0 Å². The van der Waals surface area contributed by atoms with Gasteiger partial charge in [0, 0.05) is 63.0 Å². The quantitative estimate of drug-likeness (QED) is 0.0699. The number of anilines is 2. The predicted octanol–water partition coefficient (Wildman–Crippen LogP) is -1.94. The van der Waals surface area contributed by atoms with Crippen molar-refractivity contribution >= 4 is 71.2 Å². The molecule has 0 aromatic heterocycles. The second-order valence-electron chi connectivity index (χ2n) is 11.7. The molecule has 2 heterocycles. The van der Waals surface area contributed by atoms with Gasteiger partial charge in [0.15, 0.2) is 0 Å². The Hall–Kier alpha value is -5.68. The smallest absolute Gasteiger partial charge is 0.243 e. The number of benzene rings is 1. The molecular formula is C32H42N8O10. The minimum atomic E-state index is -1.02. The highest BCUT2D eigenvalue weighted by Gasteiger charge is 2.31. The van der Waals surface area contributed by atoms with E-state index in [1.54, 1.807) is 24.3 Å². The average Bonchev–Trinajstić information content (AvgIpc) is 3.73. The summed E-state index contributed by atoms with van der Waals surface area (Å²) in [4.78, 5) is 119. The number of carbonyl (C=O) groups excluding carboxylic acids is 10. The maximum absolute atomic E-state index is 12.6. The first-order valence-electron chi connectivity index (χ1n) is 16.3. The Kier molecular flexibility index (Phi) is 15.5. The molecule has 8 N–H and O–H groups in total. The third-order valence-electron chi connectivity index (χ3n) is 7.79. The molecule has 0 radical (unpaired) electrons. The SMILES string of the molecule is O=CCC[C@H](NC(=O)[C@@H]1CCC(=O)N1)C(=O)NCCC(=O)Nc1ccc(NC(=O)CCNC(=O)[C@H](CCC=O)NC(=O)[C@@H]2CCC(=O)N2)cc1. The van der Waals surface area contributed by atoms with E-state index >= 15 is 0 Å². The summed E-state index contributed by atoms with van der Waals surface area (Å²) in [5.41, 5.74) is 0.837. The van der Waals surface area contributed by atoms with Gasteiger partial charge >= 0.3 is 0 Å². The van der Waals surface area contributed by atoms with Crippen LogP contribution in [0.1, 0.15) is 64.2 Å². The van der Waals surface area contributed by atoms with E-state index in [9.17, 15) is 47.9 Å². The number of aldehydes is 2. The fourth-order valence-corrected chi connectivity index (χ4v) is 5.10. The molecule has 2 fully saturated rings. The van der Waals surface area contributed by atoms with Crippen LogP contribution >= 0.6 is 0 Å². The first-order chi connectivity index (χ1) is 24.0. The lowest BCUT2D eigenvalue weighted by atomic mass is 10.1. The van der Waals surface area contributed by atoms with E-state index < -0.39 is 59.6 Å². The molecule has 8 amide bonds. The third-order valence-corrected chi connectivity index (χ3v) is 7.79. The molecule has 3 rings (SSSR count). The number of hydrogen-bond acceptors (Lipinski definition) is 10. The molecule has 2 aliphatic rings. The van der Waals surface area contributed by atoms with Crippen LogP contribution in [-0.2, 0) is 47.9 Å². The van der Waals surface area contributed by atoms with Crippen molar-refractivity contribution in [1.29, 1.82) is 0 Å². The maximum atomic E-state index is 12.6. The predicted molar refractivity (Wildman–Crippen MR) is 176 cm³/mol. The largest absolute Gasteiger partial charge is 0.354 e. The highest BCUT2D eigenvalue weighted by Crippen LogP contribution is 2.14. The molecular weight excluding hydrogens is 656 g/mol. The van der Waals surface area contributed by atoms with Gasteiger partial charge in [-0.1, -0.05) is 0 Å². The highest BCUT2D eigenvalue weighted by atomic mass is 16.2. The van der Waals surface area contributed by atoms with Crippen LogP contribution in [0, 0.1) is 0 Å². The Balaban J connectivity index is 1.36. The van der Waals surface area contributed by atoms with Gasteiger partial charge in [-0.2, -0.15) is 0 Å². The molecule has 2 saturated heterocycles. The van der Waals surface area contributed by atoms with Crippen molar-refractivity contribution in [3.8, 4) is 0 Å². The Morgan fingerprint density at radius 2 is 1.04 bits per heavy atom. The van der Waals surface area contributed by atoms with Gasteiger partial charge in [-0.25, -0.2) is 0 Å². The molecule has 2 aliphatic heterocycles. The Morgan fingerprint density at radius 1 is 0.660 bits per heavy atom. The van der Waals surface area contributed by atoms with Crippen molar-refractivity contribution in [3.63, 3.8) is 0 Å². The van der Waals surface area contributed by atoms with Gasteiger partial charge in [-0.3, -0.25) is 38.4 Å². The number of rotatable bonds is 20. The minimum Gasteiger partial charge on any atom is -0.354 e. The van der Waals surface area contributed by atoms with Crippen molar-refractivity contribution in [2.45, 2.75) is 88.4 Å². The number of amides is 8. The van der Waals surface area contributed by atoms with Crippen molar-refractivity contribution in [3.05, 3.63) is 24.3 Å². The monoisotopic (exact) mass is 698 g/mol. The first kappa shape index (κ1) is 38.8. The van der Waals surface area contributed by atoms with Gasteiger partial charge in [-0.15, -0.1) is 0 Å². The minimum absolute atomic E-state index is 0.0255. The summed E-state index contributed by atoms with van der Waals surface area (Å²) in [6.07, 6.45) is 2.23. The van der Waals surface area contributed by atoms with Gasteiger partial charge in [0.05, 0.1) is 0 Å². The van der Waals surface area contributed by atoms with Gasteiger partial charge in [0.1, 0.15) is 36.7 Å². The van der Waals surface area contributed by atoms with E-state index in [2.05, 4.69) is 42.5 Å². The molecule has 4 atom stereocenters. The molecule has 18 nitrogen and oxygen atoms in total. The van der Waals surface area contributed by atoms with Crippen molar-refractivity contribution < 1.29 is 47.9 Å². The molecule has 1 aromatic rings. The Labute approximate surface area is 287 Å². The number of hydrogen-bond donors (Lipinski definition) is 8. The first-order valence-corrected chi connectivity index (χ1v) is 16.3. The summed E-state index contributed by atoms with van der Waals surface area (Å²) in [7, 11) is 0. The summed E-state index contributed by atoms with van der Waals surface area (Å²) in [6.45, 7) is -0.0994. The summed E-state index contributed by atoms with van der Waals surface area (Å²) in [6, 6.07) is 2.67. The molecule has 18 heteroatoms. The summed E-state index contributed by atoms with van der Waals surface area (Å²) < 4.78 is 0. The van der Waals surface area contributed by atoms with Crippen LogP contribution in [0.25, 0.3) is 0 Å². The van der Waals surface area contributed by atoms with Crippen LogP contribution < -0.4 is 42.5 Å². The maximum Gasteiger partial charge on any atom is 0.243 e. The van der Waals surface area contributed by atoms with Gasteiger partial charge in [-0.05, 0) is 49.9 Å². The van der Waals surface area contributed by atoms with E-state index in [0.29, 0.717) is 36.8 Å². The molecule has 1 aromatic carbocycles. The standard InChI is InChI=1S/C32H42N8O10/c41-17-1-3-21(39-31(49)23-9-11-25(43)37-23)29(47)33-15-13-27(45)35-19-5-7-20(8-6-19)36-28(46)14-16-34-30(48)22(4-2-18-42)40-32(50)24-10-12-26(44)38-24/h5-8,17-18,21-24H,1-4,9-16H2,(H,33,47)(H,34,48)(H,35,45)(H,36,46)(H,37,43)(H,38,44)(H,39,49)(H,40,50)/t21-,22-,23-,24-/m0/s1. The van der Waals surface area contributed by atoms with E-state index in [-0.39, 0.29) is 76.3 Å². The second-order valence-corrected chi connectivity index (χ2v) is 11.7. The van der Waals surface area contributed by atoms with Crippen LogP contribution in [0.5, 0.6) is 0 Å². The second kappa shape index (κ2) is 20.0. The van der Waals surface area contributed by atoms with Crippen LogP contribution in [-0.4, -0.2) is 97.1 Å². The zero-order chi connectivity index (χ0) is 36.5. The van der Waals surface area contributed by atoms with E-state index in [1.807, 2.05) is 0 Å². The lowest BCUT2D eigenvalue weighted by Crippen LogP contribution is -2.52. The van der Waals surface area contributed by atoms with Crippen LogP contribution in [0.15, 0.2) is 24.3 Å². The summed E-state index contributed by atoms with van der Waals surface area (Å²) in [5.74, 6) is -3.56. The highest BCUT2D eigenvalue weighted by molar-refractivity contribution is 5.96.